The first-order valence-electron chi connectivity index (χ1n) is 7.45. The van der Waals surface area contributed by atoms with Crippen molar-refractivity contribution in [3.8, 4) is 17.2 Å². The van der Waals surface area contributed by atoms with E-state index >= 15 is 0 Å². The summed E-state index contributed by atoms with van der Waals surface area (Å²) >= 11 is 0. The lowest BCUT2D eigenvalue weighted by Crippen LogP contribution is -2.18. The van der Waals surface area contributed by atoms with Crippen LogP contribution >= 0.6 is 0 Å². The minimum Gasteiger partial charge on any atom is -0.504 e. The third kappa shape index (κ3) is 5.17. The number of carbonyl (C=O) groups is 1. The number of unbranched alkanes of at least 4 members (excludes halogenated alkanes) is 2. The molecule has 0 radical (unpaired) electrons. The minimum absolute atomic E-state index is 0.0285. The van der Waals surface area contributed by atoms with Crippen LogP contribution < -0.4 is 0 Å². The number of phenolic OH excluding ortho intramolecular Hbond substituents is 3. The van der Waals surface area contributed by atoms with E-state index in [0.29, 0.717) is 0 Å². The summed E-state index contributed by atoms with van der Waals surface area (Å²) in [6.07, 6.45) is 5.47. The van der Waals surface area contributed by atoms with E-state index in [1.54, 1.807) is 0 Å². The number of rotatable bonds is 8. The molecular weight excluding hydrogens is 272 g/mol. The summed E-state index contributed by atoms with van der Waals surface area (Å²) in [7, 11) is 0. The molecule has 0 unspecified atom stereocenters. The SMILES string of the molecule is CCCCC(CCCC)OC(=O)c1cc(O)c(O)c(O)c1. The molecule has 5 heteroatoms. The van der Waals surface area contributed by atoms with Crippen LogP contribution in [0.2, 0.25) is 0 Å². The largest absolute Gasteiger partial charge is 0.504 e. The Morgan fingerprint density at radius 2 is 1.52 bits per heavy atom. The smallest absolute Gasteiger partial charge is 0.338 e. The number of esters is 1. The molecular formula is C16H24O5. The lowest BCUT2D eigenvalue weighted by molar-refractivity contribution is 0.0250. The van der Waals surface area contributed by atoms with E-state index in [4.69, 9.17) is 4.74 Å². The van der Waals surface area contributed by atoms with Crippen molar-refractivity contribution >= 4 is 5.97 Å². The van der Waals surface area contributed by atoms with Crippen molar-refractivity contribution in [2.24, 2.45) is 0 Å². The zero-order valence-electron chi connectivity index (χ0n) is 12.6. The number of aromatic hydroxyl groups is 3. The van der Waals surface area contributed by atoms with Crippen LogP contribution in [-0.4, -0.2) is 27.4 Å². The highest BCUT2D eigenvalue weighted by Crippen LogP contribution is 2.35. The first-order valence-corrected chi connectivity index (χ1v) is 7.45. The average molecular weight is 296 g/mol. The molecule has 1 aromatic carbocycles. The molecule has 0 spiro atoms. The topological polar surface area (TPSA) is 87.0 Å². The van der Waals surface area contributed by atoms with E-state index in [1.165, 1.54) is 0 Å². The molecule has 21 heavy (non-hydrogen) atoms. The highest BCUT2D eigenvalue weighted by Gasteiger charge is 2.18. The molecule has 1 rings (SSSR count). The lowest BCUT2D eigenvalue weighted by Gasteiger charge is -2.17. The Hall–Kier alpha value is -1.91. The molecule has 0 aliphatic carbocycles. The molecule has 5 nitrogen and oxygen atoms in total. The second kappa shape index (κ2) is 8.39. The molecule has 0 aliphatic rings. The van der Waals surface area contributed by atoms with Crippen molar-refractivity contribution in [1.29, 1.82) is 0 Å². The molecule has 118 valence electrons. The third-order valence-electron chi connectivity index (χ3n) is 3.34. The van der Waals surface area contributed by atoms with Crippen LogP contribution in [0, 0.1) is 0 Å². The van der Waals surface area contributed by atoms with Gasteiger partial charge in [0.2, 0.25) is 0 Å². The Balaban J connectivity index is 2.76. The lowest BCUT2D eigenvalue weighted by atomic mass is 10.1. The second-order valence-electron chi connectivity index (χ2n) is 5.17. The maximum Gasteiger partial charge on any atom is 0.338 e. The predicted octanol–water partition coefficient (Wildman–Crippen LogP) is 3.71. The van der Waals surface area contributed by atoms with Gasteiger partial charge in [-0.2, -0.15) is 0 Å². The summed E-state index contributed by atoms with van der Waals surface area (Å²) in [5, 5.41) is 28.1. The van der Waals surface area contributed by atoms with Crippen LogP contribution in [0.25, 0.3) is 0 Å². The Morgan fingerprint density at radius 1 is 1.05 bits per heavy atom. The maximum atomic E-state index is 12.1. The van der Waals surface area contributed by atoms with Crippen molar-refractivity contribution < 1.29 is 24.9 Å². The van der Waals surface area contributed by atoms with E-state index in [0.717, 1.165) is 50.7 Å². The first kappa shape index (κ1) is 17.1. The van der Waals surface area contributed by atoms with Gasteiger partial charge in [0.25, 0.3) is 0 Å². The van der Waals surface area contributed by atoms with Crippen molar-refractivity contribution in [3.63, 3.8) is 0 Å². The highest BCUT2D eigenvalue weighted by atomic mass is 16.5. The van der Waals surface area contributed by atoms with E-state index in [1.807, 2.05) is 0 Å². The number of benzene rings is 1. The Labute approximate surface area is 125 Å². The quantitative estimate of drug-likeness (QED) is 0.503. The normalized spacial score (nSPS) is 10.8. The molecule has 0 aliphatic heterocycles. The zero-order chi connectivity index (χ0) is 15.8. The Bertz CT molecular complexity index is 439. The summed E-state index contributed by atoms with van der Waals surface area (Å²) in [6, 6.07) is 2.18. The zero-order valence-corrected chi connectivity index (χ0v) is 12.6. The maximum absolute atomic E-state index is 12.1. The molecule has 3 N–H and O–H groups in total. The van der Waals surface area contributed by atoms with Gasteiger partial charge in [-0.3, -0.25) is 0 Å². The van der Waals surface area contributed by atoms with Gasteiger partial charge < -0.3 is 20.1 Å². The van der Waals surface area contributed by atoms with Gasteiger partial charge in [0.05, 0.1) is 5.56 Å². The van der Waals surface area contributed by atoms with Gasteiger partial charge in [-0.15, -0.1) is 0 Å². The van der Waals surface area contributed by atoms with Gasteiger partial charge in [0, 0.05) is 0 Å². The fraction of sp³-hybridized carbons (Fsp3) is 0.562. The summed E-state index contributed by atoms with van der Waals surface area (Å²) in [5.74, 6) is -2.32. The van der Waals surface area contributed by atoms with Crippen LogP contribution in [0.15, 0.2) is 12.1 Å². The van der Waals surface area contributed by atoms with Crippen LogP contribution in [-0.2, 0) is 4.74 Å². The Morgan fingerprint density at radius 3 is 1.95 bits per heavy atom. The van der Waals surface area contributed by atoms with E-state index in [9.17, 15) is 20.1 Å². The van der Waals surface area contributed by atoms with Gasteiger partial charge in [0.1, 0.15) is 6.10 Å². The van der Waals surface area contributed by atoms with Gasteiger partial charge in [0.15, 0.2) is 17.2 Å². The number of ether oxygens (including phenoxy) is 1. The van der Waals surface area contributed by atoms with Crippen molar-refractivity contribution in [3.05, 3.63) is 17.7 Å². The monoisotopic (exact) mass is 296 g/mol. The Kier molecular flexibility index (Phi) is 6.85. The third-order valence-corrected chi connectivity index (χ3v) is 3.34. The van der Waals surface area contributed by atoms with E-state index < -0.39 is 23.2 Å². The van der Waals surface area contributed by atoms with Crippen LogP contribution in [0.3, 0.4) is 0 Å². The number of hydrogen-bond acceptors (Lipinski definition) is 5. The van der Waals surface area contributed by atoms with Crippen LogP contribution in [0.4, 0.5) is 0 Å². The number of phenols is 3. The minimum atomic E-state index is -0.639. The van der Waals surface area contributed by atoms with Crippen LogP contribution in [0.1, 0.15) is 62.7 Å². The van der Waals surface area contributed by atoms with E-state index in [2.05, 4.69) is 13.8 Å². The molecule has 0 saturated carbocycles. The predicted molar refractivity (Wildman–Crippen MR) is 79.7 cm³/mol. The second-order valence-corrected chi connectivity index (χ2v) is 5.17. The fourth-order valence-corrected chi connectivity index (χ4v) is 2.07. The molecule has 0 bridgehead atoms. The van der Waals surface area contributed by atoms with Crippen molar-refractivity contribution in [2.75, 3.05) is 0 Å². The highest BCUT2D eigenvalue weighted by molar-refractivity contribution is 5.91. The first-order chi connectivity index (χ1) is 9.99. The summed E-state index contributed by atoms with van der Waals surface area (Å²) in [5.41, 5.74) is 0.0285. The molecule has 0 amide bonds. The molecule has 0 aromatic heterocycles. The van der Waals surface area contributed by atoms with Crippen molar-refractivity contribution in [2.45, 2.75) is 58.5 Å². The fourth-order valence-electron chi connectivity index (χ4n) is 2.07. The molecule has 0 heterocycles. The standard InChI is InChI=1S/C16H24O5/c1-3-5-7-12(8-6-4-2)21-16(20)11-9-13(17)15(19)14(18)10-11/h9-10,12,17-19H,3-8H2,1-2H3. The van der Waals surface area contributed by atoms with Gasteiger partial charge in [-0.25, -0.2) is 4.79 Å². The molecule has 0 atom stereocenters. The van der Waals surface area contributed by atoms with Crippen LogP contribution in [0.5, 0.6) is 17.2 Å². The van der Waals surface area contributed by atoms with Gasteiger partial charge in [-0.05, 0) is 25.0 Å². The average Bonchev–Trinajstić information content (AvgIpc) is 2.46. The molecule has 0 fully saturated rings. The molecule has 0 saturated heterocycles. The van der Waals surface area contributed by atoms with Gasteiger partial charge in [-0.1, -0.05) is 39.5 Å². The van der Waals surface area contributed by atoms with Crippen molar-refractivity contribution in [1.82, 2.24) is 0 Å². The summed E-state index contributed by atoms with van der Waals surface area (Å²) < 4.78 is 5.45. The number of carbonyl (C=O) groups excluding carboxylic acids is 1. The number of hydrogen-bond donors (Lipinski definition) is 3. The van der Waals surface area contributed by atoms with Gasteiger partial charge >= 0.3 is 5.97 Å². The summed E-state index contributed by atoms with van der Waals surface area (Å²) in [6.45, 7) is 4.16. The summed E-state index contributed by atoms with van der Waals surface area (Å²) in [4.78, 5) is 12.1. The van der Waals surface area contributed by atoms with E-state index in [-0.39, 0.29) is 11.7 Å². The molecule has 1 aromatic rings.